The first kappa shape index (κ1) is 15.8. The molecule has 0 aliphatic rings. The van der Waals surface area contributed by atoms with Gasteiger partial charge in [0.15, 0.2) is 0 Å². The summed E-state index contributed by atoms with van der Waals surface area (Å²) in [6.07, 6.45) is 0.658. The number of fused-ring (bicyclic) bond motifs is 1. The highest BCUT2D eigenvalue weighted by Crippen LogP contribution is 2.25. The molecule has 0 aliphatic carbocycles. The van der Waals surface area contributed by atoms with Crippen LogP contribution in [0.2, 0.25) is 0 Å². The summed E-state index contributed by atoms with van der Waals surface area (Å²) in [6, 6.07) is 10.1. The average molecular weight is 308 g/mol. The Labute approximate surface area is 125 Å². The second kappa shape index (κ2) is 6.43. The third-order valence-electron chi connectivity index (χ3n) is 3.34. The van der Waals surface area contributed by atoms with E-state index >= 15 is 0 Å². The first-order valence-electron chi connectivity index (χ1n) is 6.77. The van der Waals surface area contributed by atoms with E-state index in [1.807, 2.05) is 13.0 Å². The van der Waals surface area contributed by atoms with Crippen molar-refractivity contribution in [3.8, 4) is 0 Å². The zero-order chi connectivity index (χ0) is 15.5. The van der Waals surface area contributed by atoms with E-state index in [9.17, 15) is 8.42 Å². The molecule has 114 valence electrons. The number of anilines is 1. The number of nitrogens with one attached hydrogen (secondary N) is 1. The molecule has 1 atom stereocenters. The van der Waals surface area contributed by atoms with E-state index in [1.165, 1.54) is 0 Å². The molecule has 3 N–H and O–H groups in total. The third kappa shape index (κ3) is 3.53. The SMILES string of the molecule is CCC(COC)NS(=O)(=O)c1cccc2cc(N)ccc12. The number of benzene rings is 2. The second-order valence-electron chi connectivity index (χ2n) is 4.92. The van der Waals surface area contributed by atoms with Crippen LogP contribution in [0.1, 0.15) is 13.3 Å². The Morgan fingerprint density at radius 3 is 2.71 bits per heavy atom. The molecule has 2 aromatic rings. The Morgan fingerprint density at radius 1 is 1.29 bits per heavy atom. The van der Waals surface area contributed by atoms with E-state index in [4.69, 9.17) is 10.5 Å². The molecule has 5 nitrogen and oxygen atoms in total. The van der Waals surface area contributed by atoms with E-state index < -0.39 is 10.0 Å². The average Bonchev–Trinajstić information content (AvgIpc) is 2.45. The summed E-state index contributed by atoms with van der Waals surface area (Å²) >= 11 is 0. The maximum Gasteiger partial charge on any atom is 0.241 e. The van der Waals surface area contributed by atoms with Gasteiger partial charge in [0.25, 0.3) is 0 Å². The monoisotopic (exact) mass is 308 g/mol. The molecule has 0 amide bonds. The van der Waals surface area contributed by atoms with Gasteiger partial charge in [-0.05, 0) is 30.0 Å². The van der Waals surface area contributed by atoms with Crippen molar-refractivity contribution in [3.63, 3.8) is 0 Å². The van der Waals surface area contributed by atoms with E-state index in [0.29, 0.717) is 24.1 Å². The summed E-state index contributed by atoms with van der Waals surface area (Å²) in [4.78, 5) is 0.259. The summed E-state index contributed by atoms with van der Waals surface area (Å²) in [7, 11) is -2.05. The van der Waals surface area contributed by atoms with E-state index in [-0.39, 0.29) is 10.9 Å². The van der Waals surface area contributed by atoms with Crippen LogP contribution in [0.15, 0.2) is 41.3 Å². The molecule has 0 saturated carbocycles. The molecular formula is C15H20N2O3S. The molecule has 2 rings (SSSR count). The van der Waals surface area contributed by atoms with E-state index in [2.05, 4.69) is 4.72 Å². The summed E-state index contributed by atoms with van der Waals surface area (Å²) in [5.41, 5.74) is 6.35. The van der Waals surface area contributed by atoms with Gasteiger partial charge in [-0.2, -0.15) is 0 Å². The fourth-order valence-corrected chi connectivity index (χ4v) is 3.76. The molecule has 0 aromatic heterocycles. The lowest BCUT2D eigenvalue weighted by Gasteiger charge is -2.17. The lowest BCUT2D eigenvalue weighted by atomic mass is 10.1. The fourth-order valence-electron chi connectivity index (χ4n) is 2.23. The number of nitrogen functional groups attached to an aromatic ring is 1. The highest BCUT2D eigenvalue weighted by atomic mass is 32.2. The Morgan fingerprint density at radius 2 is 2.05 bits per heavy atom. The predicted octanol–water partition coefficient (Wildman–Crippen LogP) is 2.13. The minimum Gasteiger partial charge on any atom is -0.399 e. The van der Waals surface area contributed by atoms with Gasteiger partial charge in [0.1, 0.15) is 0 Å². The van der Waals surface area contributed by atoms with Crippen molar-refractivity contribution < 1.29 is 13.2 Å². The lowest BCUT2D eigenvalue weighted by molar-refractivity contribution is 0.173. The highest BCUT2D eigenvalue weighted by molar-refractivity contribution is 7.89. The molecule has 0 fully saturated rings. The number of nitrogens with two attached hydrogens (primary N) is 1. The van der Waals surface area contributed by atoms with Crippen molar-refractivity contribution in [1.82, 2.24) is 4.72 Å². The van der Waals surface area contributed by atoms with Crippen LogP contribution in [0.3, 0.4) is 0 Å². The molecule has 0 bridgehead atoms. The maximum atomic E-state index is 12.6. The molecule has 0 spiro atoms. The van der Waals surface area contributed by atoms with E-state index in [1.54, 1.807) is 37.4 Å². The molecule has 6 heteroatoms. The van der Waals surface area contributed by atoms with Crippen molar-refractivity contribution in [1.29, 1.82) is 0 Å². The van der Waals surface area contributed by atoms with Crippen LogP contribution in [0, 0.1) is 0 Å². The van der Waals surface area contributed by atoms with Crippen LogP contribution in [-0.2, 0) is 14.8 Å². The van der Waals surface area contributed by atoms with Gasteiger partial charge in [0, 0.05) is 24.2 Å². The predicted molar refractivity (Wildman–Crippen MR) is 84.6 cm³/mol. The Kier molecular flexibility index (Phi) is 4.82. The largest absolute Gasteiger partial charge is 0.399 e. The van der Waals surface area contributed by atoms with Gasteiger partial charge in [0.05, 0.1) is 11.5 Å². The van der Waals surface area contributed by atoms with Crippen molar-refractivity contribution in [2.75, 3.05) is 19.5 Å². The van der Waals surface area contributed by atoms with Crippen LogP contribution in [-0.4, -0.2) is 28.2 Å². The Hall–Kier alpha value is -1.63. The van der Waals surface area contributed by atoms with Crippen LogP contribution in [0.25, 0.3) is 10.8 Å². The van der Waals surface area contributed by atoms with Crippen LogP contribution in [0.4, 0.5) is 5.69 Å². The summed E-state index contributed by atoms with van der Waals surface area (Å²) in [5.74, 6) is 0. The first-order chi connectivity index (χ1) is 9.97. The van der Waals surface area contributed by atoms with Gasteiger partial charge in [-0.3, -0.25) is 0 Å². The number of hydrogen-bond acceptors (Lipinski definition) is 4. The number of hydrogen-bond donors (Lipinski definition) is 2. The molecule has 21 heavy (non-hydrogen) atoms. The number of ether oxygens (including phenoxy) is 1. The second-order valence-corrected chi connectivity index (χ2v) is 6.60. The van der Waals surface area contributed by atoms with Gasteiger partial charge < -0.3 is 10.5 Å². The zero-order valence-electron chi connectivity index (χ0n) is 12.2. The number of methoxy groups -OCH3 is 1. The third-order valence-corrected chi connectivity index (χ3v) is 4.92. The quantitative estimate of drug-likeness (QED) is 0.801. The molecule has 0 aliphatic heterocycles. The van der Waals surface area contributed by atoms with Gasteiger partial charge in [-0.25, -0.2) is 13.1 Å². The van der Waals surface area contributed by atoms with Crippen LogP contribution >= 0.6 is 0 Å². The van der Waals surface area contributed by atoms with Crippen molar-refractivity contribution in [3.05, 3.63) is 36.4 Å². The minimum absolute atomic E-state index is 0.246. The Bertz CT molecular complexity index is 729. The molecule has 2 aromatic carbocycles. The minimum atomic E-state index is -3.60. The first-order valence-corrected chi connectivity index (χ1v) is 8.25. The highest BCUT2D eigenvalue weighted by Gasteiger charge is 2.21. The molecule has 0 radical (unpaired) electrons. The van der Waals surface area contributed by atoms with Gasteiger partial charge in [0.2, 0.25) is 10.0 Å². The smallest absolute Gasteiger partial charge is 0.241 e. The Balaban J connectivity index is 2.45. The summed E-state index contributed by atoms with van der Waals surface area (Å²) in [6.45, 7) is 2.25. The zero-order valence-corrected chi connectivity index (χ0v) is 13.0. The van der Waals surface area contributed by atoms with Crippen molar-refractivity contribution in [2.45, 2.75) is 24.3 Å². The normalized spacial score (nSPS) is 13.4. The lowest BCUT2D eigenvalue weighted by Crippen LogP contribution is -2.37. The van der Waals surface area contributed by atoms with Crippen molar-refractivity contribution in [2.24, 2.45) is 0 Å². The van der Waals surface area contributed by atoms with Crippen molar-refractivity contribution >= 4 is 26.5 Å². The molecular weight excluding hydrogens is 288 g/mol. The van der Waals surface area contributed by atoms with Crippen LogP contribution < -0.4 is 10.5 Å². The number of rotatable bonds is 6. The fraction of sp³-hybridized carbons (Fsp3) is 0.333. The number of sulfonamides is 1. The van der Waals surface area contributed by atoms with Crippen LogP contribution in [0.5, 0.6) is 0 Å². The van der Waals surface area contributed by atoms with Gasteiger partial charge in [-0.15, -0.1) is 0 Å². The van der Waals surface area contributed by atoms with Gasteiger partial charge in [-0.1, -0.05) is 25.1 Å². The maximum absolute atomic E-state index is 12.6. The topological polar surface area (TPSA) is 81.4 Å². The molecule has 0 saturated heterocycles. The standard InChI is InChI=1S/C15H20N2O3S/c1-3-13(10-20-2)17-21(18,19)15-6-4-5-11-9-12(16)7-8-14(11)15/h4-9,13,17H,3,10,16H2,1-2H3. The van der Waals surface area contributed by atoms with E-state index in [0.717, 1.165) is 5.39 Å². The van der Waals surface area contributed by atoms with Gasteiger partial charge >= 0.3 is 0 Å². The molecule has 1 unspecified atom stereocenters. The summed E-state index contributed by atoms with van der Waals surface area (Å²) in [5, 5.41) is 1.46. The summed E-state index contributed by atoms with van der Waals surface area (Å²) < 4.78 is 32.9. The molecule has 0 heterocycles.